The summed E-state index contributed by atoms with van der Waals surface area (Å²) >= 11 is 0. The smallest absolute Gasteiger partial charge is 0.379 e. The van der Waals surface area contributed by atoms with Crippen molar-refractivity contribution in [2.45, 2.75) is 44.8 Å². The number of ether oxygens (including phenoxy) is 1. The van der Waals surface area contributed by atoms with Gasteiger partial charge in [-0.2, -0.15) is 18.2 Å². The molecule has 2 aliphatic heterocycles. The zero-order valence-corrected chi connectivity index (χ0v) is 22.9. The Balaban J connectivity index is 1.44. The van der Waals surface area contributed by atoms with Gasteiger partial charge in [0.15, 0.2) is 0 Å². The molecule has 0 bridgehead atoms. The third-order valence-corrected chi connectivity index (χ3v) is 7.28. The summed E-state index contributed by atoms with van der Waals surface area (Å²) in [4.78, 5) is 26.5. The van der Waals surface area contributed by atoms with Crippen molar-refractivity contribution in [3.05, 3.63) is 35.5 Å². The number of benzene rings is 1. The number of anilines is 4. The van der Waals surface area contributed by atoms with Crippen LogP contribution in [0.25, 0.3) is 0 Å². The second-order valence-electron chi connectivity index (χ2n) is 10.1. The van der Waals surface area contributed by atoms with Crippen LogP contribution in [0.2, 0.25) is 0 Å². The minimum absolute atomic E-state index is 0.00278. The quantitative estimate of drug-likeness (QED) is 0.431. The molecule has 1 unspecified atom stereocenters. The Morgan fingerprint density at radius 2 is 2.03 bits per heavy atom. The van der Waals surface area contributed by atoms with Crippen molar-refractivity contribution < 1.29 is 22.7 Å². The summed E-state index contributed by atoms with van der Waals surface area (Å²) in [6.45, 7) is 5.99. The summed E-state index contributed by atoms with van der Waals surface area (Å²) in [5.74, 6) is -0.203. The van der Waals surface area contributed by atoms with Crippen molar-refractivity contribution in [1.29, 1.82) is 0 Å². The van der Waals surface area contributed by atoms with Gasteiger partial charge in [-0.3, -0.25) is 4.79 Å². The van der Waals surface area contributed by atoms with E-state index < -0.39 is 11.7 Å². The highest BCUT2D eigenvalue weighted by Gasteiger charge is 2.35. The summed E-state index contributed by atoms with van der Waals surface area (Å²) in [6, 6.07) is 6.60. The third-order valence-electron chi connectivity index (χ3n) is 7.28. The average molecular weight is 550 g/mol. The van der Waals surface area contributed by atoms with Crippen LogP contribution in [0.4, 0.5) is 36.3 Å². The van der Waals surface area contributed by atoms with Gasteiger partial charge < -0.3 is 30.1 Å². The summed E-state index contributed by atoms with van der Waals surface area (Å²) in [6.07, 6.45) is -1.15. The second-order valence-corrected chi connectivity index (χ2v) is 10.1. The Bertz CT molecular complexity index is 1130. The summed E-state index contributed by atoms with van der Waals surface area (Å²) in [5.41, 5.74) is 2.00. The molecule has 1 aromatic carbocycles. The fourth-order valence-electron chi connectivity index (χ4n) is 4.93. The number of rotatable bonds is 10. The molecule has 12 heteroatoms. The minimum Gasteiger partial charge on any atom is -0.379 e. The number of amides is 1. The molecule has 0 spiro atoms. The lowest BCUT2D eigenvalue weighted by Crippen LogP contribution is -2.33. The largest absolute Gasteiger partial charge is 0.421 e. The molecule has 0 radical (unpaired) electrons. The molecule has 1 atom stereocenters. The Labute approximate surface area is 227 Å². The molecule has 0 aliphatic carbocycles. The van der Waals surface area contributed by atoms with E-state index in [0.29, 0.717) is 45.2 Å². The summed E-state index contributed by atoms with van der Waals surface area (Å²) in [7, 11) is 4.19. The molecule has 39 heavy (non-hydrogen) atoms. The third kappa shape index (κ3) is 7.51. The van der Waals surface area contributed by atoms with Crippen molar-refractivity contribution in [2.24, 2.45) is 0 Å². The Morgan fingerprint density at radius 1 is 1.21 bits per heavy atom. The number of aromatic nitrogens is 2. The molecule has 2 saturated heterocycles. The first-order valence-corrected chi connectivity index (χ1v) is 13.5. The Morgan fingerprint density at radius 3 is 2.74 bits per heavy atom. The van der Waals surface area contributed by atoms with Crippen molar-refractivity contribution in [3.63, 3.8) is 0 Å². The Kier molecular flexibility index (Phi) is 9.49. The van der Waals surface area contributed by atoms with Crippen LogP contribution in [-0.4, -0.2) is 91.7 Å². The molecule has 2 fully saturated rings. The molecule has 9 nitrogen and oxygen atoms in total. The Hall–Kier alpha value is -3.12. The SMILES string of the molecule is CCc1cc(N2CCC(N(C)C)C2)ccc1Nc1ncc(C(F)(F)F)c(NCCCN2CCOCCC2=O)n1. The van der Waals surface area contributed by atoms with E-state index in [0.717, 1.165) is 49.1 Å². The highest BCUT2D eigenvalue weighted by Crippen LogP contribution is 2.35. The highest BCUT2D eigenvalue weighted by atomic mass is 19.4. The average Bonchev–Trinajstić information content (AvgIpc) is 3.31. The van der Waals surface area contributed by atoms with Gasteiger partial charge >= 0.3 is 6.18 Å². The normalized spacial score (nSPS) is 18.5. The van der Waals surface area contributed by atoms with Crippen LogP contribution in [-0.2, 0) is 22.1 Å². The van der Waals surface area contributed by atoms with Gasteiger partial charge in [0.2, 0.25) is 11.9 Å². The number of hydrogen-bond acceptors (Lipinski definition) is 8. The van der Waals surface area contributed by atoms with E-state index in [1.54, 1.807) is 4.90 Å². The van der Waals surface area contributed by atoms with Gasteiger partial charge in [-0.1, -0.05) is 6.92 Å². The number of aryl methyl sites for hydroxylation is 1. The van der Waals surface area contributed by atoms with Crippen LogP contribution < -0.4 is 15.5 Å². The fourth-order valence-corrected chi connectivity index (χ4v) is 4.93. The molecule has 1 amide bonds. The van der Waals surface area contributed by atoms with E-state index in [-0.39, 0.29) is 24.2 Å². The van der Waals surface area contributed by atoms with E-state index in [1.165, 1.54) is 0 Å². The number of carbonyl (C=O) groups excluding carboxylic acids is 1. The number of likely N-dealkylation sites (N-methyl/N-ethyl adjacent to an activating group) is 1. The van der Waals surface area contributed by atoms with Crippen LogP contribution in [0.1, 0.15) is 37.3 Å². The molecule has 2 aliphatic rings. The first kappa shape index (κ1) is 28.9. The van der Waals surface area contributed by atoms with Gasteiger partial charge in [0.1, 0.15) is 11.4 Å². The number of halogens is 3. The molecule has 3 heterocycles. The van der Waals surface area contributed by atoms with Crippen LogP contribution in [0.15, 0.2) is 24.4 Å². The van der Waals surface area contributed by atoms with Crippen molar-refractivity contribution in [3.8, 4) is 0 Å². The number of alkyl halides is 3. The maximum Gasteiger partial charge on any atom is 0.421 e. The van der Waals surface area contributed by atoms with Crippen LogP contribution in [0.3, 0.4) is 0 Å². The van der Waals surface area contributed by atoms with Crippen molar-refractivity contribution in [1.82, 2.24) is 19.8 Å². The van der Waals surface area contributed by atoms with Crippen molar-refractivity contribution >= 4 is 29.0 Å². The predicted octanol–water partition coefficient (Wildman–Crippen LogP) is 3.99. The van der Waals surface area contributed by atoms with E-state index in [4.69, 9.17) is 4.74 Å². The lowest BCUT2D eigenvalue weighted by Gasteiger charge is -2.23. The van der Waals surface area contributed by atoms with E-state index in [9.17, 15) is 18.0 Å². The van der Waals surface area contributed by atoms with Crippen LogP contribution >= 0.6 is 0 Å². The molecular weight excluding hydrogens is 511 g/mol. The van der Waals surface area contributed by atoms with Gasteiger partial charge in [0, 0.05) is 56.3 Å². The first-order valence-electron chi connectivity index (χ1n) is 13.5. The lowest BCUT2D eigenvalue weighted by molar-refractivity contribution is -0.137. The predicted molar refractivity (Wildman–Crippen MR) is 146 cm³/mol. The molecule has 214 valence electrons. The van der Waals surface area contributed by atoms with E-state index in [1.807, 2.05) is 19.1 Å². The standard InChI is InChI=1S/C27H38F3N7O2/c1-4-19-16-20(37-12-8-21(18-37)35(2)3)6-7-23(19)33-26-32-17-22(27(28,29)30)25(34-26)31-10-5-11-36-13-15-39-14-9-24(36)38/h6-7,16-17,21H,4-5,8-15,18H2,1-3H3,(H2,31,32,33,34). The van der Waals surface area contributed by atoms with E-state index >= 15 is 0 Å². The molecule has 4 rings (SSSR count). The number of nitrogens with one attached hydrogen (secondary N) is 2. The minimum atomic E-state index is -4.60. The first-order chi connectivity index (χ1) is 18.7. The number of hydrogen-bond donors (Lipinski definition) is 2. The van der Waals surface area contributed by atoms with E-state index in [2.05, 4.69) is 50.6 Å². The van der Waals surface area contributed by atoms with Gasteiger partial charge in [-0.15, -0.1) is 0 Å². The maximum absolute atomic E-state index is 13.7. The zero-order chi connectivity index (χ0) is 28.0. The molecule has 2 aromatic rings. The molecule has 0 saturated carbocycles. The summed E-state index contributed by atoms with van der Waals surface area (Å²) < 4.78 is 46.3. The van der Waals surface area contributed by atoms with Gasteiger partial charge in [0.25, 0.3) is 0 Å². The van der Waals surface area contributed by atoms with Crippen LogP contribution in [0.5, 0.6) is 0 Å². The molecule has 1 aromatic heterocycles. The van der Waals surface area contributed by atoms with Gasteiger partial charge in [-0.05, 0) is 57.1 Å². The summed E-state index contributed by atoms with van der Waals surface area (Å²) in [5, 5.41) is 5.93. The maximum atomic E-state index is 13.7. The fraction of sp³-hybridized carbons (Fsp3) is 0.593. The number of nitrogens with zero attached hydrogens (tertiary/aromatic N) is 5. The highest BCUT2D eigenvalue weighted by molar-refractivity contribution is 5.76. The lowest BCUT2D eigenvalue weighted by atomic mass is 10.1. The number of carbonyl (C=O) groups is 1. The molecule has 2 N–H and O–H groups in total. The molecular formula is C27H38F3N7O2. The zero-order valence-electron chi connectivity index (χ0n) is 22.9. The van der Waals surface area contributed by atoms with Gasteiger partial charge in [0.05, 0.1) is 19.6 Å². The van der Waals surface area contributed by atoms with Gasteiger partial charge in [-0.25, -0.2) is 4.98 Å². The second kappa shape index (κ2) is 12.8. The monoisotopic (exact) mass is 549 g/mol. The van der Waals surface area contributed by atoms with Crippen LogP contribution in [0, 0.1) is 0 Å². The van der Waals surface area contributed by atoms with Crippen molar-refractivity contribution in [2.75, 3.05) is 75.6 Å². The topological polar surface area (TPSA) is 85.9 Å².